The SMILES string of the molecule is C1=C2OCC=C2OPO1. The van der Waals surface area contributed by atoms with Crippen LogP contribution in [0.1, 0.15) is 0 Å². The van der Waals surface area contributed by atoms with E-state index in [0.29, 0.717) is 12.4 Å². The highest BCUT2D eigenvalue weighted by Crippen LogP contribution is 2.33. The molecule has 0 N–H and O–H groups in total. The van der Waals surface area contributed by atoms with Crippen molar-refractivity contribution >= 4 is 9.03 Å². The predicted molar refractivity (Wildman–Crippen MR) is 32.6 cm³/mol. The lowest BCUT2D eigenvalue weighted by Crippen LogP contribution is -1.91. The first kappa shape index (κ1) is 5.12. The smallest absolute Gasteiger partial charge is 0.275 e. The molecule has 0 fully saturated rings. The third kappa shape index (κ3) is 0.775. The summed E-state index contributed by atoms with van der Waals surface area (Å²) in [7, 11) is 0.0901. The maximum atomic E-state index is 5.08. The van der Waals surface area contributed by atoms with Gasteiger partial charge in [0.2, 0.25) is 0 Å². The van der Waals surface area contributed by atoms with Crippen molar-refractivity contribution in [2.75, 3.05) is 6.61 Å². The molecule has 2 rings (SSSR count). The van der Waals surface area contributed by atoms with Gasteiger partial charge in [-0.2, -0.15) is 0 Å². The van der Waals surface area contributed by atoms with Gasteiger partial charge in [-0.25, -0.2) is 0 Å². The van der Waals surface area contributed by atoms with Gasteiger partial charge in [0.25, 0.3) is 9.03 Å². The zero-order valence-electron chi connectivity index (χ0n) is 4.59. The Morgan fingerprint density at radius 1 is 1.44 bits per heavy atom. The van der Waals surface area contributed by atoms with E-state index in [1.807, 2.05) is 6.08 Å². The van der Waals surface area contributed by atoms with Crippen LogP contribution in [-0.2, 0) is 13.8 Å². The van der Waals surface area contributed by atoms with Crippen LogP contribution in [0.5, 0.6) is 0 Å². The molecule has 0 saturated heterocycles. The Morgan fingerprint density at radius 2 is 2.44 bits per heavy atom. The van der Waals surface area contributed by atoms with E-state index < -0.39 is 0 Å². The van der Waals surface area contributed by atoms with Gasteiger partial charge in [0.15, 0.2) is 11.5 Å². The fraction of sp³-hybridized carbons (Fsp3) is 0.200. The van der Waals surface area contributed by atoms with Crippen LogP contribution in [0.4, 0.5) is 0 Å². The van der Waals surface area contributed by atoms with Crippen LogP contribution in [0.15, 0.2) is 23.9 Å². The molecule has 0 bridgehead atoms. The second-order valence-corrected chi connectivity index (χ2v) is 2.27. The Balaban J connectivity index is 2.30. The van der Waals surface area contributed by atoms with Crippen molar-refractivity contribution in [3.05, 3.63) is 23.9 Å². The fourth-order valence-electron chi connectivity index (χ4n) is 0.709. The molecular formula is C5H5O3P. The Hall–Kier alpha value is -0.690. The maximum absolute atomic E-state index is 5.08. The van der Waals surface area contributed by atoms with Crippen molar-refractivity contribution in [3.8, 4) is 0 Å². The molecule has 2 aliphatic rings. The van der Waals surface area contributed by atoms with E-state index >= 15 is 0 Å². The van der Waals surface area contributed by atoms with Gasteiger partial charge in [0.1, 0.15) is 12.9 Å². The first-order chi connectivity index (χ1) is 4.47. The lowest BCUT2D eigenvalue weighted by molar-refractivity contribution is 0.233. The van der Waals surface area contributed by atoms with Gasteiger partial charge in [-0.1, -0.05) is 0 Å². The molecule has 1 atom stereocenters. The highest BCUT2D eigenvalue weighted by molar-refractivity contribution is 7.26. The standard InChI is InChI=1S/C5H5O3P/c1-2-6-5-3-7-9-8-4(1)5/h1,3,9H,2H2. The minimum Gasteiger partial charge on any atom is -0.482 e. The van der Waals surface area contributed by atoms with E-state index in [4.69, 9.17) is 13.8 Å². The van der Waals surface area contributed by atoms with Gasteiger partial charge in [-0.15, -0.1) is 0 Å². The summed E-state index contributed by atoms with van der Waals surface area (Å²) in [6.45, 7) is 0.606. The quantitative estimate of drug-likeness (QED) is 0.479. The van der Waals surface area contributed by atoms with E-state index in [9.17, 15) is 0 Å². The fourth-order valence-corrected chi connectivity index (χ4v) is 1.19. The summed E-state index contributed by atoms with van der Waals surface area (Å²) in [5, 5.41) is 0. The molecular weight excluding hydrogens is 139 g/mol. The third-order valence-corrected chi connectivity index (χ3v) is 1.63. The zero-order chi connectivity index (χ0) is 6.10. The molecule has 0 aromatic heterocycles. The van der Waals surface area contributed by atoms with E-state index in [1.54, 1.807) is 6.26 Å². The Bertz CT molecular complexity index is 185. The molecule has 0 spiro atoms. The number of ether oxygens (including phenoxy) is 1. The van der Waals surface area contributed by atoms with Crippen molar-refractivity contribution in [3.63, 3.8) is 0 Å². The van der Waals surface area contributed by atoms with Gasteiger partial charge in [0.05, 0.1) is 0 Å². The molecule has 0 saturated carbocycles. The first-order valence-electron chi connectivity index (χ1n) is 2.58. The topological polar surface area (TPSA) is 27.7 Å². The highest BCUT2D eigenvalue weighted by Gasteiger charge is 2.18. The second kappa shape index (κ2) is 1.92. The van der Waals surface area contributed by atoms with E-state index in [-0.39, 0.29) is 9.03 Å². The predicted octanol–water partition coefficient (Wildman–Crippen LogP) is 1.30. The summed E-state index contributed by atoms with van der Waals surface area (Å²) in [6.07, 6.45) is 3.47. The van der Waals surface area contributed by atoms with Gasteiger partial charge < -0.3 is 13.8 Å². The van der Waals surface area contributed by atoms with Crippen LogP contribution >= 0.6 is 9.03 Å². The van der Waals surface area contributed by atoms with Crippen molar-refractivity contribution in [1.82, 2.24) is 0 Å². The van der Waals surface area contributed by atoms with E-state index in [2.05, 4.69) is 0 Å². The normalized spacial score (nSPS) is 24.9. The minimum atomic E-state index is 0.0901. The molecule has 48 valence electrons. The second-order valence-electron chi connectivity index (χ2n) is 1.66. The van der Waals surface area contributed by atoms with Gasteiger partial charge in [-0.05, 0) is 6.08 Å². The molecule has 9 heavy (non-hydrogen) atoms. The molecule has 0 radical (unpaired) electrons. The number of fused-ring (bicyclic) bond motifs is 1. The summed E-state index contributed by atoms with van der Waals surface area (Å²) in [4.78, 5) is 0. The van der Waals surface area contributed by atoms with Crippen LogP contribution in [-0.4, -0.2) is 6.61 Å². The molecule has 3 nitrogen and oxygen atoms in total. The average molecular weight is 144 g/mol. The monoisotopic (exact) mass is 144 g/mol. The van der Waals surface area contributed by atoms with Crippen molar-refractivity contribution in [2.45, 2.75) is 0 Å². The molecule has 2 aliphatic heterocycles. The maximum Gasteiger partial charge on any atom is 0.275 e. The van der Waals surface area contributed by atoms with Crippen LogP contribution in [0.2, 0.25) is 0 Å². The van der Waals surface area contributed by atoms with Gasteiger partial charge in [-0.3, -0.25) is 0 Å². The zero-order valence-corrected chi connectivity index (χ0v) is 5.59. The molecule has 2 heterocycles. The van der Waals surface area contributed by atoms with Gasteiger partial charge in [0, 0.05) is 0 Å². The van der Waals surface area contributed by atoms with Gasteiger partial charge >= 0.3 is 0 Å². The largest absolute Gasteiger partial charge is 0.482 e. The molecule has 0 amide bonds. The molecule has 0 aromatic carbocycles. The van der Waals surface area contributed by atoms with E-state index in [1.165, 1.54) is 0 Å². The van der Waals surface area contributed by atoms with Crippen molar-refractivity contribution in [2.24, 2.45) is 0 Å². The summed E-state index contributed by atoms with van der Waals surface area (Å²) in [6, 6.07) is 0. The number of hydrogen-bond donors (Lipinski definition) is 0. The lowest BCUT2D eigenvalue weighted by Gasteiger charge is -2.11. The number of hydrogen-bond acceptors (Lipinski definition) is 3. The third-order valence-electron chi connectivity index (χ3n) is 1.12. The summed E-state index contributed by atoms with van der Waals surface area (Å²) < 4.78 is 15.0. The van der Waals surface area contributed by atoms with Crippen molar-refractivity contribution < 1.29 is 13.8 Å². The summed E-state index contributed by atoms with van der Waals surface area (Å²) >= 11 is 0. The van der Waals surface area contributed by atoms with Crippen LogP contribution < -0.4 is 0 Å². The van der Waals surface area contributed by atoms with Crippen LogP contribution in [0, 0.1) is 0 Å². The summed E-state index contributed by atoms with van der Waals surface area (Å²) in [5.74, 6) is 1.54. The van der Waals surface area contributed by atoms with Crippen LogP contribution in [0.3, 0.4) is 0 Å². The molecule has 1 unspecified atom stereocenters. The molecule has 0 aliphatic carbocycles. The Kier molecular flexibility index (Phi) is 1.09. The molecule has 4 heteroatoms. The minimum absolute atomic E-state index is 0.0901. The molecule has 0 aromatic rings. The Labute approximate surface area is 54.2 Å². The van der Waals surface area contributed by atoms with Crippen LogP contribution in [0.25, 0.3) is 0 Å². The number of rotatable bonds is 0. The lowest BCUT2D eigenvalue weighted by atomic mass is 10.4. The highest BCUT2D eigenvalue weighted by atomic mass is 31.1. The Morgan fingerprint density at radius 3 is 3.33 bits per heavy atom. The van der Waals surface area contributed by atoms with Crippen molar-refractivity contribution in [1.29, 1.82) is 0 Å². The van der Waals surface area contributed by atoms with E-state index in [0.717, 1.165) is 5.76 Å². The summed E-state index contributed by atoms with van der Waals surface area (Å²) in [5.41, 5.74) is 0. The first-order valence-corrected chi connectivity index (χ1v) is 3.39. The average Bonchev–Trinajstić information content (AvgIpc) is 2.33.